The van der Waals surface area contributed by atoms with E-state index in [2.05, 4.69) is 0 Å². The van der Waals surface area contributed by atoms with Crippen molar-refractivity contribution in [1.29, 1.82) is 0 Å². The van der Waals surface area contributed by atoms with Gasteiger partial charge in [0.05, 0.1) is 5.57 Å². The molecule has 0 aromatic rings. The molecule has 1 aliphatic rings. The zero-order chi connectivity index (χ0) is 8.27. The fourth-order valence-corrected chi connectivity index (χ4v) is 0.855. The minimum absolute atomic E-state index is 0.167. The van der Waals surface area contributed by atoms with E-state index in [0.717, 1.165) is 0 Å². The van der Waals surface area contributed by atoms with Gasteiger partial charge in [0.2, 0.25) is 0 Å². The number of rotatable bonds is 1. The maximum absolute atomic E-state index is 10.4. The van der Waals surface area contributed by atoms with Crippen LogP contribution >= 0.6 is 0 Å². The number of carbonyl (C=O) groups is 1. The lowest BCUT2D eigenvalue weighted by Gasteiger charge is -2.06. The molecule has 3 nitrogen and oxygen atoms in total. The van der Waals surface area contributed by atoms with Crippen LogP contribution in [0, 0.1) is 5.92 Å². The van der Waals surface area contributed by atoms with Gasteiger partial charge < -0.3 is 5.11 Å². The number of aliphatic carboxylic acids is 1. The highest BCUT2D eigenvalue weighted by atomic mass is 16.4. The standard InChI is InChI=1S/C8H6O3/c9-5-6-3-1-2-4-7(6)8(10)11/h1-4,7H,(H,10,11)/t7-/m1/s1. The minimum atomic E-state index is -1.02. The Morgan fingerprint density at radius 3 is 2.73 bits per heavy atom. The van der Waals surface area contributed by atoms with E-state index in [1.165, 1.54) is 12.2 Å². The third-order valence-electron chi connectivity index (χ3n) is 1.41. The summed E-state index contributed by atoms with van der Waals surface area (Å²) in [6, 6.07) is 0. The van der Waals surface area contributed by atoms with Crippen molar-refractivity contribution in [3.8, 4) is 0 Å². The Morgan fingerprint density at radius 2 is 2.27 bits per heavy atom. The molecule has 56 valence electrons. The molecule has 0 saturated carbocycles. The molecule has 11 heavy (non-hydrogen) atoms. The van der Waals surface area contributed by atoms with E-state index in [4.69, 9.17) is 5.11 Å². The molecule has 0 bridgehead atoms. The fourth-order valence-electron chi connectivity index (χ4n) is 0.855. The van der Waals surface area contributed by atoms with Crippen molar-refractivity contribution < 1.29 is 14.7 Å². The smallest absolute Gasteiger partial charge is 0.315 e. The molecule has 0 aromatic carbocycles. The number of allylic oxidation sites excluding steroid dienone is 3. The van der Waals surface area contributed by atoms with Crippen molar-refractivity contribution >= 4 is 11.9 Å². The maximum Gasteiger partial charge on any atom is 0.315 e. The molecule has 3 heteroatoms. The van der Waals surface area contributed by atoms with E-state index in [1.54, 1.807) is 18.1 Å². The second-order valence-electron chi connectivity index (χ2n) is 2.12. The van der Waals surface area contributed by atoms with E-state index >= 15 is 0 Å². The minimum Gasteiger partial charge on any atom is -0.481 e. The van der Waals surface area contributed by atoms with Crippen LogP contribution in [-0.2, 0) is 9.59 Å². The van der Waals surface area contributed by atoms with Crippen molar-refractivity contribution in [1.82, 2.24) is 0 Å². The summed E-state index contributed by atoms with van der Waals surface area (Å²) in [5.41, 5.74) is 0.167. The first-order valence-corrected chi connectivity index (χ1v) is 3.08. The molecule has 0 heterocycles. The second kappa shape index (κ2) is 2.99. The van der Waals surface area contributed by atoms with Gasteiger partial charge >= 0.3 is 5.97 Å². The first kappa shape index (κ1) is 7.51. The largest absolute Gasteiger partial charge is 0.481 e. The average Bonchev–Trinajstić information content (AvgIpc) is 2.04. The zero-order valence-electron chi connectivity index (χ0n) is 5.65. The zero-order valence-corrected chi connectivity index (χ0v) is 5.65. The highest BCUT2D eigenvalue weighted by Gasteiger charge is 2.19. The Hall–Kier alpha value is -1.60. The number of hydrogen-bond acceptors (Lipinski definition) is 2. The van der Waals surface area contributed by atoms with E-state index in [9.17, 15) is 9.59 Å². The predicted molar refractivity (Wildman–Crippen MR) is 38.6 cm³/mol. The summed E-state index contributed by atoms with van der Waals surface area (Å²) in [6.07, 6.45) is 6.10. The summed E-state index contributed by atoms with van der Waals surface area (Å²) in [7, 11) is 0. The number of hydrogen-bond donors (Lipinski definition) is 1. The van der Waals surface area contributed by atoms with Crippen molar-refractivity contribution in [3.05, 3.63) is 29.9 Å². The van der Waals surface area contributed by atoms with Gasteiger partial charge in [0.15, 0.2) is 0 Å². The van der Waals surface area contributed by atoms with Crippen LogP contribution < -0.4 is 0 Å². The van der Waals surface area contributed by atoms with Crippen LogP contribution in [0.1, 0.15) is 0 Å². The van der Waals surface area contributed by atoms with Crippen molar-refractivity contribution in [3.63, 3.8) is 0 Å². The molecule has 0 aliphatic heterocycles. The van der Waals surface area contributed by atoms with Crippen LogP contribution in [0.3, 0.4) is 0 Å². The van der Waals surface area contributed by atoms with Crippen LogP contribution in [0.5, 0.6) is 0 Å². The van der Waals surface area contributed by atoms with Gasteiger partial charge in [-0.3, -0.25) is 4.79 Å². The lowest BCUT2D eigenvalue weighted by atomic mass is 9.96. The topological polar surface area (TPSA) is 54.4 Å². The van der Waals surface area contributed by atoms with E-state index in [0.29, 0.717) is 0 Å². The Bertz CT molecular complexity index is 280. The molecule has 0 amide bonds. The van der Waals surface area contributed by atoms with E-state index < -0.39 is 11.9 Å². The maximum atomic E-state index is 10.4. The number of carbonyl (C=O) groups excluding carboxylic acids is 1. The SMILES string of the molecule is O=C=C1C=CC=C[C@H]1C(=O)O. The highest BCUT2D eigenvalue weighted by Crippen LogP contribution is 2.15. The van der Waals surface area contributed by atoms with Gasteiger partial charge in [-0.05, 0) is 6.08 Å². The lowest BCUT2D eigenvalue weighted by molar-refractivity contribution is -0.138. The van der Waals surface area contributed by atoms with Crippen molar-refractivity contribution in [2.75, 3.05) is 0 Å². The molecule has 1 rings (SSSR count). The fraction of sp³-hybridized carbons (Fsp3) is 0.125. The molecule has 0 fully saturated rings. The molecule has 1 atom stereocenters. The third kappa shape index (κ3) is 1.45. The molecule has 0 spiro atoms. The second-order valence-corrected chi connectivity index (χ2v) is 2.12. The van der Waals surface area contributed by atoms with Gasteiger partial charge in [-0.15, -0.1) is 0 Å². The first-order chi connectivity index (χ1) is 5.25. The van der Waals surface area contributed by atoms with Crippen LogP contribution in [-0.4, -0.2) is 17.0 Å². The van der Waals surface area contributed by atoms with Crippen molar-refractivity contribution in [2.24, 2.45) is 5.92 Å². The van der Waals surface area contributed by atoms with Gasteiger partial charge in [0.1, 0.15) is 11.9 Å². The van der Waals surface area contributed by atoms with Gasteiger partial charge in [-0.2, -0.15) is 0 Å². The van der Waals surface area contributed by atoms with Crippen LogP contribution in [0.15, 0.2) is 29.9 Å². The summed E-state index contributed by atoms with van der Waals surface area (Å²) in [5, 5.41) is 8.55. The molecule has 0 unspecified atom stereocenters. The lowest BCUT2D eigenvalue weighted by Crippen LogP contribution is -2.14. The quantitative estimate of drug-likeness (QED) is 0.556. The summed E-state index contributed by atoms with van der Waals surface area (Å²) < 4.78 is 0. The predicted octanol–water partition coefficient (Wildman–Crippen LogP) is 0.571. The van der Waals surface area contributed by atoms with E-state index in [-0.39, 0.29) is 5.57 Å². The Morgan fingerprint density at radius 1 is 1.55 bits per heavy atom. The molecule has 0 saturated heterocycles. The number of carboxylic acids is 1. The van der Waals surface area contributed by atoms with Crippen molar-refractivity contribution in [2.45, 2.75) is 0 Å². The first-order valence-electron chi connectivity index (χ1n) is 3.08. The van der Waals surface area contributed by atoms with Gasteiger partial charge in [0, 0.05) is 0 Å². The normalized spacial score (nSPS) is 21.5. The number of carboxylic acid groups (broad SMARTS) is 1. The molecule has 0 aromatic heterocycles. The van der Waals surface area contributed by atoms with Gasteiger partial charge in [0.25, 0.3) is 0 Å². The van der Waals surface area contributed by atoms with E-state index in [1.807, 2.05) is 0 Å². The van der Waals surface area contributed by atoms with Gasteiger partial charge in [-0.25, -0.2) is 4.79 Å². The Labute approximate surface area is 63.3 Å². The summed E-state index contributed by atoms with van der Waals surface area (Å²) in [6.45, 7) is 0. The summed E-state index contributed by atoms with van der Waals surface area (Å²) in [5.74, 6) is -0.263. The third-order valence-corrected chi connectivity index (χ3v) is 1.41. The molecule has 1 N–H and O–H groups in total. The Balaban J connectivity index is 2.97. The monoisotopic (exact) mass is 150 g/mol. The van der Waals surface area contributed by atoms with Crippen LogP contribution in [0.25, 0.3) is 0 Å². The molecule has 0 radical (unpaired) electrons. The Kier molecular flexibility index (Phi) is 2.04. The molecular formula is C8H6O3. The van der Waals surface area contributed by atoms with Crippen LogP contribution in [0.2, 0.25) is 0 Å². The molecule has 1 aliphatic carbocycles. The average molecular weight is 150 g/mol. The summed E-state index contributed by atoms with van der Waals surface area (Å²) >= 11 is 0. The highest BCUT2D eigenvalue weighted by molar-refractivity contribution is 5.82. The molecular weight excluding hydrogens is 144 g/mol. The van der Waals surface area contributed by atoms with Gasteiger partial charge in [-0.1, -0.05) is 18.2 Å². The summed E-state index contributed by atoms with van der Waals surface area (Å²) in [4.78, 5) is 20.6. The van der Waals surface area contributed by atoms with Crippen LogP contribution in [0.4, 0.5) is 0 Å².